The van der Waals surface area contributed by atoms with E-state index in [1.165, 1.54) is 17.0 Å². The van der Waals surface area contributed by atoms with Gasteiger partial charge in [0, 0.05) is 22.0 Å². The van der Waals surface area contributed by atoms with Gasteiger partial charge in [-0.3, -0.25) is 0 Å². The maximum Gasteiger partial charge on any atom is 0.550 e. The van der Waals surface area contributed by atoms with Gasteiger partial charge in [-0.05, 0) is 62.5 Å². The van der Waals surface area contributed by atoms with Crippen molar-refractivity contribution in [3.8, 4) is 0 Å². The van der Waals surface area contributed by atoms with Crippen LogP contribution < -0.4 is 4.90 Å². The summed E-state index contributed by atoms with van der Waals surface area (Å²) in [6, 6.07) is 8.14. The first-order valence-corrected chi connectivity index (χ1v) is 13.2. The van der Waals surface area contributed by atoms with E-state index in [1.54, 1.807) is 11.8 Å². The van der Waals surface area contributed by atoms with Gasteiger partial charge in [-0.25, -0.2) is 4.85 Å². The SMILES string of the molecule is [C-]#[N+]C([N+]#[C-])=C1OC(C)(C(F)(F)F)C(/C=C/C2=C(Cl)C(=C/C=C3/Sc4ccccc4N3CC)/CCC2)=C1[N+]#[C-]. The number of halogens is 4. The highest BCUT2D eigenvalue weighted by atomic mass is 35.5. The van der Waals surface area contributed by atoms with Crippen LogP contribution in [0.1, 0.15) is 33.1 Å². The Hall–Kier alpha value is -3.84. The van der Waals surface area contributed by atoms with Crippen molar-refractivity contribution in [2.45, 2.75) is 49.8 Å². The fraction of sp³-hybridized carbons (Fsp3) is 0.276. The van der Waals surface area contributed by atoms with Crippen molar-refractivity contribution in [3.63, 3.8) is 0 Å². The number of hydrogen-bond donors (Lipinski definition) is 0. The average molecular weight is 567 g/mol. The lowest BCUT2D eigenvalue weighted by molar-refractivity contribution is -0.236. The van der Waals surface area contributed by atoms with Crippen LogP contribution in [0.25, 0.3) is 14.5 Å². The molecule has 0 radical (unpaired) electrons. The number of allylic oxidation sites excluding steroid dienone is 6. The number of alkyl halides is 3. The van der Waals surface area contributed by atoms with Crippen molar-refractivity contribution >= 4 is 29.1 Å². The van der Waals surface area contributed by atoms with Crippen LogP contribution in [-0.4, -0.2) is 18.3 Å². The predicted octanol–water partition coefficient (Wildman–Crippen LogP) is 9.15. The standard InChI is InChI=1S/C29H22ClF3N4OS/c1-6-37-21-12-7-8-13-22(21)39-23(37)17-15-19-11-9-10-18(24(19)30)14-16-20-25(34-3)26(27(35-4)36-5)38-28(20,2)29(31,32)33/h7-8,12-17H,6,9-11H2,1-2H3/b16-14+,19-15+,23-17+. The summed E-state index contributed by atoms with van der Waals surface area (Å²) in [6.45, 7) is 25.4. The van der Waals surface area contributed by atoms with E-state index < -0.39 is 34.6 Å². The van der Waals surface area contributed by atoms with Crippen LogP contribution in [0.5, 0.6) is 0 Å². The highest BCUT2D eigenvalue weighted by molar-refractivity contribution is 8.03. The van der Waals surface area contributed by atoms with Gasteiger partial charge in [-0.15, -0.1) is 0 Å². The van der Waals surface area contributed by atoms with E-state index in [1.807, 2.05) is 24.3 Å². The molecule has 0 saturated carbocycles. The number of rotatable bonds is 4. The Kier molecular flexibility index (Phi) is 8.02. The molecule has 0 bridgehead atoms. The van der Waals surface area contributed by atoms with Gasteiger partial charge in [0.2, 0.25) is 17.1 Å². The number of fused-ring (bicyclic) bond motifs is 1. The molecule has 0 N–H and O–H groups in total. The molecule has 39 heavy (non-hydrogen) atoms. The van der Waals surface area contributed by atoms with Crippen molar-refractivity contribution in [3.05, 3.63) is 127 Å². The number of para-hydroxylation sites is 1. The van der Waals surface area contributed by atoms with Gasteiger partial charge in [0.25, 0.3) is 0 Å². The maximum atomic E-state index is 14.1. The fourth-order valence-corrected chi connectivity index (χ4v) is 6.00. The lowest BCUT2D eigenvalue weighted by Crippen LogP contribution is -2.43. The van der Waals surface area contributed by atoms with Crippen molar-refractivity contribution < 1.29 is 17.9 Å². The number of benzene rings is 1. The molecule has 5 nitrogen and oxygen atoms in total. The van der Waals surface area contributed by atoms with E-state index in [0.717, 1.165) is 42.6 Å². The molecule has 1 aromatic carbocycles. The molecule has 2 heterocycles. The minimum atomic E-state index is -4.90. The number of ether oxygens (including phenoxy) is 1. The highest BCUT2D eigenvalue weighted by Gasteiger charge is 2.61. The Labute approximate surface area is 234 Å². The summed E-state index contributed by atoms with van der Waals surface area (Å²) in [5, 5.41) is 1.51. The number of thioether (sulfide) groups is 1. The lowest BCUT2D eigenvalue weighted by Gasteiger charge is -2.29. The molecule has 0 fully saturated rings. The van der Waals surface area contributed by atoms with E-state index in [4.69, 9.17) is 36.1 Å². The summed E-state index contributed by atoms with van der Waals surface area (Å²) in [5.41, 5.74) is -1.20. The second-order valence-electron chi connectivity index (χ2n) is 8.92. The quantitative estimate of drug-likeness (QED) is 0.340. The molecular formula is C29H22ClF3N4OS. The first kappa shape index (κ1) is 28.2. The largest absolute Gasteiger partial charge is 0.550 e. The molecule has 1 unspecified atom stereocenters. The average Bonchev–Trinajstić information content (AvgIpc) is 3.42. The van der Waals surface area contributed by atoms with E-state index >= 15 is 0 Å². The number of nitrogens with zero attached hydrogens (tertiary/aromatic N) is 4. The van der Waals surface area contributed by atoms with Gasteiger partial charge < -0.3 is 9.64 Å². The van der Waals surface area contributed by atoms with Crippen molar-refractivity contribution in [2.75, 3.05) is 11.4 Å². The molecular weight excluding hydrogens is 545 g/mol. The highest BCUT2D eigenvalue weighted by Crippen LogP contribution is 2.50. The molecule has 0 spiro atoms. The zero-order valence-corrected chi connectivity index (χ0v) is 22.6. The van der Waals surface area contributed by atoms with Gasteiger partial charge in [0.1, 0.15) is 13.1 Å². The van der Waals surface area contributed by atoms with Crippen molar-refractivity contribution in [2.24, 2.45) is 0 Å². The van der Waals surface area contributed by atoms with Crippen LogP contribution >= 0.6 is 23.4 Å². The lowest BCUT2D eigenvalue weighted by atomic mass is 9.91. The summed E-state index contributed by atoms with van der Waals surface area (Å²) >= 11 is 8.39. The van der Waals surface area contributed by atoms with Crippen LogP contribution in [0.4, 0.5) is 18.9 Å². The van der Waals surface area contributed by atoms with E-state index in [-0.39, 0.29) is 0 Å². The monoisotopic (exact) mass is 566 g/mol. The molecule has 1 aromatic rings. The van der Waals surface area contributed by atoms with Gasteiger partial charge in [-0.2, -0.15) is 22.9 Å². The van der Waals surface area contributed by atoms with Gasteiger partial charge in [0.05, 0.1) is 17.3 Å². The first-order valence-electron chi connectivity index (χ1n) is 12.0. The van der Waals surface area contributed by atoms with Gasteiger partial charge in [-0.1, -0.05) is 53.7 Å². The molecule has 1 atom stereocenters. The van der Waals surface area contributed by atoms with Crippen LogP contribution in [0.15, 0.2) is 97.5 Å². The Morgan fingerprint density at radius 1 is 1.15 bits per heavy atom. The minimum Gasteiger partial charge on any atom is -0.489 e. The third-order valence-corrected chi connectivity index (χ3v) is 8.26. The summed E-state index contributed by atoms with van der Waals surface area (Å²) in [4.78, 5) is 12.5. The predicted molar refractivity (Wildman–Crippen MR) is 147 cm³/mol. The second kappa shape index (κ2) is 11.1. The summed E-state index contributed by atoms with van der Waals surface area (Å²) in [6.07, 6.45) is 3.74. The van der Waals surface area contributed by atoms with Crippen molar-refractivity contribution in [1.82, 2.24) is 0 Å². The summed E-state index contributed by atoms with van der Waals surface area (Å²) < 4.78 is 47.5. The molecule has 0 amide bonds. The van der Waals surface area contributed by atoms with Crippen LogP contribution in [-0.2, 0) is 4.74 Å². The molecule has 198 valence electrons. The molecule has 4 rings (SSSR count). The third kappa shape index (κ3) is 5.11. The van der Waals surface area contributed by atoms with Crippen LogP contribution in [0, 0.1) is 19.7 Å². The van der Waals surface area contributed by atoms with Crippen LogP contribution in [0.2, 0.25) is 0 Å². The summed E-state index contributed by atoms with van der Waals surface area (Å²) in [5.74, 6) is -1.37. The van der Waals surface area contributed by atoms with Gasteiger partial charge in [0.15, 0.2) is 0 Å². The molecule has 3 aliphatic rings. The zero-order chi connectivity index (χ0) is 28.4. The zero-order valence-electron chi connectivity index (χ0n) is 21.1. The Balaban J connectivity index is 1.72. The molecule has 2 aliphatic heterocycles. The number of anilines is 1. The van der Waals surface area contributed by atoms with Gasteiger partial charge >= 0.3 is 12.0 Å². The van der Waals surface area contributed by atoms with E-state index in [0.29, 0.717) is 17.0 Å². The smallest absolute Gasteiger partial charge is 0.489 e. The fourth-order valence-electron chi connectivity index (χ4n) is 4.56. The third-order valence-electron chi connectivity index (χ3n) is 6.65. The van der Waals surface area contributed by atoms with Crippen molar-refractivity contribution in [1.29, 1.82) is 0 Å². The van der Waals surface area contributed by atoms with E-state index in [2.05, 4.69) is 38.5 Å². The molecule has 10 heteroatoms. The Bertz CT molecular complexity index is 1510. The Morgan fingerprint density at radius 2 is 1.87 bits per heavy atom. The number of hydrogen-bond acceptors (Lipinski definition) is 3. The normalized spacial score (nSPS) is 23.3. The maximum absolute atomic E-state index is 14.1. The summed E-state index contributed by atoms with van der Waals surface area (Å²) in [7, 11) is 0. The molecule has 0 saturated heterocycles. The Morgan fingerprint density at radius 3 is 2.51 bits per heavy atom. The second-order valence-corrected chi connectivity index (χ2v) is 10.4. The van der Waals surface area contributed by atoms with Crippen LogP contribution in [0.3, 0.4) is 0 Å². The first-order chi connectivity index (χ1) is 18.6. The minimum absolute atomic E-state index is 0.453. The molecule has 1 aliphatic carbocycles. The topological polar surface area (TPSA) is 25.6 Å². The molecule has 0 aromatic heterocycles. The van der Waals surface area contributed by atoms with E-state index in [9.17, 15) is 13.2 Å².